The topological polar surface area (TPSA) is 82.3 Å². The van der Waals surface area contributed by atoms with Crippen LogP contribution in [0.2, 0.25) is 0 Å². The van der Waals surface area contributed by atoms with Gasteiger partial charge in [0.1, 0.15) is 6.17 Å². The smallest absolute Gasteiger partial charge is 0.334 e. The quantitative estimate of drug-likeness (QED) is 0.362. The summed E-state index contributed by atoms with van der Waals surface area (Å²) in [6, 6.07) is 7.99. The summed E-state index contributed by atoms with van der Waals surface area (Å²) in [5, 5.41) is 10.1. The number of urea groups is 1. The Hall–Kier alpha value is -3.28. The van der Waals surface area contributed by atoms with Gasteiger partial charge in [-0.25, -0.2) is 4.79 Å². The molecule has 3 amide bonds. The van der Waals surface area contributed by atoms with Crippen LogP contribution in [0.15, 0.2) is 48.5 Å². The summed E-state index contributed by atoms with van der Waals surface area (Å²) in [4.78, 5) is 25.0. The molecule has 1 heterocycles. The van der Waals surface area contributed by atoms with Crippen LogP contribution in [0, 0.1) is 0 Å². The van der Waals surface area contributed by atoms with Crippen LogP contribution in [-0.4, -0.2) is 30.7 Å². The first kappa shape index (κ1) is 25.3. The lowest BCUT2D eigenvalue weighted by Gasteiger charge is -2.23. The number of hydrogen-bond acceptors (Lipinski definition) is 3. The maximum atomic E-state index is 13.1. The van der Waals surface area contributed by atoms with E-state index in [0.29, 0.717) is 25.1 Å². The van der Waals surface area contributed by atoms with Gasteiger partial charge in [0.25, 0.3) is 0 Å². The molecule has 3 rings (SSSR count). The first-order chi connectivity index (χ1) is 15.9. The minimum atomic E-state index is -5.05. The van der Waals surface area contributed by atoms with E-state index in [0.717, 1.165) is 12.0 Å². The van der Waals surface area contributed by atoms with Crippen LogP contribution in [-0.2, 0) is 23.6 Å². The number of amides is 3. The number of halogens is 6. The van der Waals surface area contributed by atoms with Gasteiger partial charge in [-0.1, -0.05) is 30.3 Å². The first-order valence-electron chi connectivity index (χ1n) is 10.4. The van der Waals surface area contributed by atoms with Crippen molar-refractivity contribution in [2.75, 3.05) is 11.9 Å². The van der Waals surface area contributed by atoms with Gasteiger partial charge in [-0.2, -0.15) is 26.3 Å². The standard InChI is InChI=1S/C22H22F6N4O2/c23-21(24,25)14-10-15(22(26,27)28)12-16(11-14)30-20(34)32-18(9-13-5-2-1-3-6-13)31-19(33)17-7-4-8-29-17/h1-3,5-6,10-12,17-18,29H,4,7-9H2,(H,31,33)(H2,30,32,34)/t17-,18+/m0/s1. The molecule has 12 heteroatoms. The minimum Gasteiger partial charge on any atom is -0.334 e. The fourth-order valence-electron chi connectivity index (χ4n) is 3.52. The Morgan fingerprint density at radius 3 is 2.09 bits per heavy atom. The molecule has 0 spiro atoms. The van der Waals surface area contributed by atoms with Crippen molar-refractivity contribution in [2.24, 2.45) is 0 Å². The zero-order valence-corrected chi connectivity index (χ0v) is 17.7. The maximum Gasteiger partial charge on any atom is 0.416 e. The van der Waals surface area contributed by atoms with E-state index in [9.17, 15) is 35.9 Å². The number of nitrogens with one attached hydrogen (secondary N) is 4. The SMILES string of the molecule is O=C(Nc1cc(C(F)(F)F)cc(C(F)(F)F)c1)N[C@H](Cc1ccccc1)NC(=O)[C@@H]1CCCN1. The van der Waals surface area contributed by atoms with Crippen molar-refractivity contribution >= 4 is 17.6 Å². The van der Waals surface area contributed by atoms with Gasteiger partial charge in [0, 0.05) is 12.1 Å². The number of carbonyl (C=O) groups is 2. The number of benzene rings is 2. The molecular weight excluding hydrogens is 466 g/mol. The zero-order valence-electron chi connectivity index (χ0n) is 17.7. The van der Waals surface area contributed by atoms with E-state index in [4.69, 9.17) is 0 Å². The van der Waals surface area contributed by atoms with Crippen LogP contribution in [0.5, 0.6) is 0 Å². The van der Waals surface area contributed by atoms with Gasteiger partial charge < -0.3 is 21.3 Å². The number of rotatable bonds is 6. The van der Waals surface area contributed by atoms with Gasteiger partial charge in [0.2, 0.25) is 5.91 Å². The Bertz CT molecular complexity index is 972. The van der Waals surface area contributed by atoms with Crippen molar-refractivity contribution < 1.29 is 35.9 Å². The highest BCUT2D eigenvalue weighted by atomic mass is 19.4. The second kappa shape index (κ2) is 10.3. The van der Waals surface area contributed by atoms with E-state index < -0.39 is 47.4 Å². The predicted octanol–water partition coefficient (Wildman–Crippen LogP) is 4.28. The summed E-state index contributed by atoms with van der Waals surface area (Å²) < 4.78 is 78.4. The van der Waals surface area contributed by atoms with Gasteiger partial charge in [-0.3, -0.25) is 4.79 Å². The number of alkyl halides is 6. The molecule has 1 aliphatic heterocycles. The van der Waals surface area contributed by atoms with E-state index in [-0.39, 0.29) is 18.4 Å². The largest absolute Gasteiger partial charge is 0.416 e. The molecular formula is C22H22F6N4O2. The van der Waals surface area contributed by atoms with Gasteiger partial charge in [0.15, 0.2) is 0 Å². The molecule has 0 radical (unpaired) electrons. The van der Waals surface area contributed by atoms with Crippen LogP contribution >= 0.6 is 0 Å². The molecule has 4 N–H and O–H groups in total. The molecule has 0 aromatic heterocycles. The summed E-state index contributed by atoms with van der Waals surface area (Å²) in [5.41, 5.74) is -3.06. The van der Waals surface area contributed by atoms with E-state index >= 15 is 0 Å². The van der Waals surface area contributed by atoms with Crippen molar-refractivity contribution in [3.05, 3.63) is 65.2 Å². The average Bonchev–Trinajstić information content (AvgIpc) is 3.28. The highest BCUT2D eigenvalue weighted by Gasteiger charge is 2.37. The molecule has 1 fully saturated rings. The van der Waals surface area contributed by atoms with Gasteiger partial charge in [0.05, 0.1) is 17.2 Å². The van der Waals surface area contributed by atoms with E-state index in [1.54, 1.807) is 30.3 Å². The van der Waals surface area contributed by atoms with E-state index in [1.807, 2.05) is 5.32 Å². The monoisotopic (exact) mass is 488 g/mol. The molecule has 6 nitrogen and oxygen atoms in total. The van der Waals surface area contributed by atoms with Gasteiger partial charge in [-0.05, 0) is 43.1 Å². The van der Waals surface area contributed by atoms with Gasteiger partial charge >= 0.3 is 18.4 Å². The Kier molecular flexibility index (Phi) is 7.70. The summed E-state index contributed by atoms with van der Waals surface area (Å²) >= 11 is 0. The van der Waals surface area contributed by atoms with Crippen LogP contribution in [0.1, 0.15) is 29.5 Å². The summed E-state index contributed by atoms with van der Waals surface area (Å²) in [5.74, 6) is -0.378. The summed E-state index contributed by atoms with van der Waals surface area (Å²) in [6.45, 7) is 0.659. The third-order valence-electron chi connectivity index (χ3n) is 5.13. The lowest BCUT2D eigenvalue weighted by molar-refractivity contribution is -0.143. The van der Waals surface area contributed by atoms with E-state index in [1.165, 1.54) is 0 Å². The molecule has 1 saturated heterocycles. The molecule has 1 aliphatic rings. The third kappa shape index (κ3) is 7.11. The van der Waals surface area contributed by atoms with Crippen molar-refractivity contribution in [1.29, 1.82) is 0 Å². The molecule has 2 atom stereocenters. The van der Waals surface area contributed by atoms with Crippen molar-refractivity contribution in [2.45, 2.75) is 43.8 Å². The fraction of sp³-hybridized carbons (Fsp3) is 0.364. The second-order valence-corrected chi connectivity index (χ2v) is 7.79. The number of carbonyl (C=O) groups excluding carboxylic acids is 2. The molecule has 0 unspecified atom stereocenters. The summed E-state index contributed by atoms with van der Waals surface area (Å²) in [6.07, 6.45) is -9.53. The molecule has 184 valence electrons. The second-order valence-electron chi connectivity index (χ2n) is 7.79. The molecule has 0 bridgehead atoms. The molecule has 2 aromatic carbocycles. The van der Waals surface area contributed by atoms with Crippen molar-refractivity contribution in [3.8, 4) is 0 Å². The lowest BCUT2D eigenvalue weighted by Crippen LogP contribution is -2.54. The molecule has 0 saturated carbocycles. The Morgan fingerprint density at radius 2 is 1.56 bits per heavy atom. The normalized spacial score (nSPS) is 17.2. The Balaban J connectivity index is 1.77. The molecule has 2 aromatic rings. The predicted molar refractivity (Wildman–Crippen MR) is 112 cm³/mol. The number of hydrogen-bond donors (Lipinski definition) is 4. The average molecular weight is 488 g/mol. The number of anilines is 1. The van der Waals surface area contributed by atoms with Gasteiger partial charge in [-0.15, -0.1) is 0 Å². The third-order valence-corrected chi connectivity index (χ3v) is 5.13. The fourth-order valence-corrected chi connectivity index (χ4v) is 3.52. The van der Waals surface area contributed by atoms with Crippen LogP contribution in [0.4, 0.5) is 36.8 Å². The van der Waals surface area contributed by atoms with Crippen molar-refractivity contribution in [1.82, 2.24) is 16.0 Å². The zero-order chi connectivity index (χ0) is 24.9. The Morgan fingerprint density at radius 1 is 0.941 bits per heavy atom. The van der Waals surface area contributed by atoms with Crippen LogP contribution in [0.25, 0.3) is 0 Å². The molecule has 34 heavy (non-hydrogen) atoms. The van der Waals surface area contributed by atoms with E-state index in [2.05, 4.69) is 16.0 Å². The first-order valence-corrected chi connectivity index (χ1v) is 10.4. The van der Waals surface area contributed by atoms with Crippen molar-refractivity contribution in [3.63, 3.8) is 0 Å². The van der Waals surface area contributed by atoms with Crippen LogP contribution < -0.4 is 21.3 Å². The lowest BCUT2D eigenvalue weighted by atomic mass is 10.1. The Labute approximate surface area is 191 Å². The van der Waals surface area contributed by atoms with Crippen LogP contribution in [0.3, 0.4) is 0 Å². The highest BCUT2D eigenvalue weighted by molar-refractivity contribution is 5.90. The highest BCUT2D eigenvalue weighted by Crippen LogP contribution is 2.37. The molecule has 0 aliphatic carbocycles. The maximum absolute atomic E-state index is 13.1. The summed E-state index contributed by atoms with van der Waals surface area (Å²) in [7, 11) is 0. The minimum absolute atomic E-state index is 0.0316.